The maximum absolute atomic E-state index is 12.3. The number of benzene rings is 2. The number of rotatable bonds is 10. The van der Waals surface area contributed by atoms with Crippen molar-refractivity contribution in [3.05, 3.63) is 54.1 Å². The Labute approximate surface area is 217 Å². The molecule has 1 saturated heterocycles. The van der Waals surface area contributed by atoms with Crippen molar-refractivity contribution in [1.29, 1.82) is 0 Å². The lowest BCUT2D eigenvalue weighted by Crippen LogP contribution is -2.38. The average Bonchev–Trinajstić information content (AvgIpc) is 3.41. The first-order valence-electron chi connectivity index (χ1n) is 11.5. The molecule has 0 radical (unpaired) electrons. The summed E-state index contributed by atoms with van der Waals surface area (Å²) in [6.07, 6.45) is 4.76. The number of nitrogens with zero attached hydrogens (tertiary/aromatic N) is 4. The quantitative estimate of drug-likeness (QED) is 0.243. The molecule has 1 fully saturated rings. The highest BCUT2D eigenvalue weighted by Crippen LogP contribution is 2.29. The molecule has 11 heteroatoms. The maximum atomic E-state index is 12.3. The highest BCUT2D eigenvalue weighted by Gasteiger charge is 2.17. The van der Waals surface area contributed by atoms with E-state index in [0.717, 1.165) is 36.5 Å². The summed E-state index contributed by atoms with van der Waals surface area (Å²) in [5, 5.41) is 13.1. The molecule has 1 aromatic heterocycles. The van der Waals surface area contributed by atoms with E-state index in [-0.39, 0.29) is 24.2 Å². The van der Waals surface area contributed by atoms with E-state index in [1.165, 1.54) is 42.8 Å². The molecular formula is C25H27N5O4S2. The second kappa shape index (κ2) is 13.0. The van der Waals surface area contributed by atoms with Gasteiger partial charge in [0, 0.05) is 18.7 Å². The monoisotopic (exact) mass is 525 g/mol. The first-order chi connectivity index (χ1) is 17.6. The van der Waals surface area contributed by atoms with Gasteiger partial charge in [0.1, 0.15) is 5.01 Å². The van der Waals surface area contributed by atoms with Gasteiger partial charge in [-0.05, 0) is 43.0 Å². The van der Waals surface area contributed by atoms with E-state index in [2.05, 4.69) is 20.7 Å². The van der Waals surface area contributed by atoms with Gasteiger partial charge in [0.25, 0.3) is 11.8 Å². The minimum absolute atomic E-state index is 0.0206. The second-order valence-electron chi connectivity index (χ2n) is 7.96. The normalized spacial score (nSPS) is 13.5. The standard InChI is InChI=1S/C25H27N5O4S2/c1-33-21-14-18(10-11-20(21)34-16-23(32)30-12-6-3-7-13-30)15-26-27-22(31)17-35-25-29-28-24(36-25)19-8-4-2-5-9-19/h2,4-5,8-11,14-15H,3,6-7,12-13,16-17H2,1H3,(H,27,31). The van der Waals surface area contributed by atoms with Crippen LogP contribution in [0.15, 0.2) is 58.0 Å². The topological polar surface area (TPSA) is 106 Å². The van der Waals surface area contributed by atoms with Gasteiger partial charge in [-0.3, -0.25) is 9.59 Å². The Bertz CT molecular complexity index is 1200. The fourth-order valence-corrected chi connectivity index (χ4v) is 5.21. The number of nitrogens with one attached hydrogen (secondary N) is 1. The molecule has 0 aliphatic carbocycles. The summed E-state index contributed by atoms with van der Waals surface area (Å²) in [6, 6.07) is 15.0. The number of likely N-dealkylation sites (tertiary alicyclic amines) is 1. The van der Waals surface area contributed by atoms with Crippen LogP contribution in [0.2, 0.25) is 0 Å². The van der Waals surface area contributed by atoms with Crippen LogP contribution in [0.1, 0.15) is 24.8 Å². The Hall–Kier alpha value is -3.44. The predicted octanol–water partition coefficient (Wildman–Crippen LogP) is 3.85. The number of carbonyl (C=O) groups is 2. The van der Waals surface area contributed by atoms with Crippen LogP contribution >= 0.6 is 23.1 Å². The number of aromatic nitrogens is 2. The number of hydrogen-bond acceptors (Lipinski definition) is 9. The highest BCUT2D eigenvalue weighted by atomic mass is 32.2. The Morgan fingerprint density at radius 3 is 2.69 bits per heavy atom. The van der Waals surface area contributed by atoms with Crippen molar-refractivity contribution in [2.75, 3.05) is 32.6 Å². The SMILES string of the molecule is COc1cc(C=NNC(=O)CSc2nnc(-c3ccccc3)s2)ccc1OCC(=O)N1CCCCC1. The van der Waals surface area contributed by atoms with E-state index in [1.54, 1.807) is 18.2 Å². The van der Waals surface area contributed by atoms with Gasteiger partial charge >= 0.3 is 0 Å². The third-order valence-electron chi connectivity index (χ3n) is 5.40. The molecule has 0 spiro atoms. The van der Waals surface area contributed by atoms with E-state index in [0.29, 0.717) is 21.4 Å². The zero-order chi connectivity index (χ0) is 25.2. The molecule has 188 valence electrons. The lowest BCUT2D eigenvalue weighted by molar-refractivity contribution is -0.134. The van der Waals surface area contributed by atoms with Crippen LogP contribution in [-0.4, -0.2) is 65.7 Å². The summed E-state index contributed by atoms with van der Waals surface area (Å²) in [4.78, 5) is 26.4. The van der Waals surface area contributed by atoms with E-state index >= 15 is 0 Å². The molecular weight excluding hydrogens is 498 g/mol. The lowest BCUT2D eigenvalue weighted by atomic mass is 10.1. The van der Waals surface area contributed by atoms with E-state index in [4.69, 9.17) is 9.47 Å². The Kier molecular flexibility index (Phi) is 9.28. The summed E-state index contributed by atoms with van der Waals surface area (Å²) in [6.45, 7) is 1.54. The van der Waals surface area contributed by atoms with E-state index in [9.17, 15) is 9.59 Å². The van der Waals surface area contributed by atoms with Crippen molar-refractivity contribution in [1.82, 2.24) is 20.5 Å². The van der Waals surface area contributed by atoms with Crippen LogP contribution in [0, 0.1) is 0 Å². The van der Waals surface area contributed by atoms with Crippen molar-refractivity contribution < 1.29 is 19.1 Å². The summed E-state index contributed by atoms with van der Waals surface area (Å²) in [5.74, 6) is 0.857. The lowest BCUT2D eigenvalue weighted by Gasteiger charge is -2.26. The largest absolute Gasteiger partial charge is 0.493 e. The van der Waals surface area contributed by atoms with Gasteiger partial charge in [0.15, 0.2) is 22.4 Å². The number of hydrazone groups is 1. The molecule has 36 heavy (non-hydrogen) atoms. The van der Waals surface area contributed by atoms with Crippen LogP contribution in [0.25, 0.3) is 10.6 Å². The van der Waals surface area contributed by atoms with Crippen LogP contribution in [0.5, 0.6) is 11.5 Å². The molecule has 0 bridgehead atoms. The van der Waals surface area contributed by atoms with Gasteiger partial charge in [-0.2, -0.15) is 5.10 Å². The maximum Gasteiger partial charge on any atom is 0.260 e. The number of methoxy groups -OCH3 is 1. The molecule has 2 amide bonds. The first kappa shape index (κ1) is 25.6. The fraction of sp³-hybridized carbons (Fsp3) is 0.320. The van der Waals surface area contributed by atoms with Crippen molar-refractivity contribution in [2.45, 2.75) is 23.6 Å². The fourth-order valence-electron chi connectivity index (χ4n) is 3.56. The molecule has 2 heterocycles. The van der Waals surface area contributed by atoms with Crippen molar-refractivity contribution in [2.24, 2.45) is 5.10 Å². The summed E-state index contributed by atoms with van der Waals surface area (Å²) in [5.41, 5.74) is 4.22. The summed E-state index contributed by atoms with van der Waals surface area (Å²) < 4.78 is 11.8. The minimum atomic E-state index is -0.254. The van der Waals surface area contributed by atoms with Crippen molar-refractivity contribution in [3.63, 3.8) is 0 Å². The first-order valence-corrected chi connectivity index (χ1v) is 13.3. The molecule has 3 aromatic rings. The molecule has 0 unspecified atom stereocenters. The van der Waals surface area contributed by atoms with Crippen LogP contribution < -0.4 is 14.9 Å². The molecule has 0 atom stereocenters. The number of carbonyl (C=O) groups excluding carboxylic acids is 2. The van der Waals surface area contributed by atoms with Crippen molar-refractivity contribution >= 4 is 41.1 Å². The number of piperidine rings is 1. The van der Waals surface area contributed by atoms with Gasteiger partial charge in [-0.15, -0.1) is 10.2 Å². The van der Waals surface area contributed by atoms with Gasteiger partial charge in [-0.25, -0.2) is 5.43 Å². The third kappa shape index (κ3) is 7.28. The number of hydrogen-bond donors (Lipinski definition) is 1. The second-order valence-corrected chi connectivity index (χ2v) is 10.2. The highest BCUT2D eigenvalue weighted by molar-refractivity contribution is 8.01. The molecule has 1 aliphatic rings. The predicted molar refractivity (Wildman–Crippen MR) is 141 cm³/mol. The average molecular weight is 526 g/mol. The Balaban J connectivity index is 1.24. The molecule has 2 aromatic carbocycles. The van der Waals surface area contributed by atoms with Gasteiger partial charge in [0.05, 0.1) is 19.1 Å². The minimum Gasteiger partial charge on any atom is -0.493 e. The molecule has 0 saturated carbocycles. The zero-order valence-corrected chi connectivity index (χ0v) is 21.5. The summed E-state index contributed by atoms with van der Waals surface area (Å²) in [7, 11) is 1.53. The molecule has 1 N–H and O–H groups in total. The molecule has 1 aliphatic heterocycles. The summed E-state index contributed by atoms with van der Waals surface area (Å²) >= 11 is 2.75. The van der Waals surface area contributed by atoms with Gasteiger partial charge in [0.2, 0.25) is 0 Å². The van der Waals surface area contributed by atoms with Crippen LogP contribution in [0.3, 0.4) is 0 Å². The van der Waals surface area contributed by atoms with Gasteiger partial charge in [-0.1, -0.05) is 53.4 Å². The number of thioether (sulfide) groups is 1. The number of amides is 2. The number of ether oxygens (including phenoxy) is 2. The Morgan fingerprint density at radius 1 is 1.11 bits per heavy atom. The van der Waals surface area contributed by atoms with Crippen molar-refractivity contribution in [3.8, 4) is 22.1 Å². The van der Waals surface area contributed by atoms with Crippen LogP contribution in [0.4, 0.5) is 0 Å². The third-order valence-corrected chi connectivity index (χ3v) is 7.51. The molecule has 9 nitrogen and oxygen atoms in total. The smallest absolute Gasteiger partial charge is 0.260 e. The van der Waals surface area contributed by atoms with Gasteiger partial charge < -0.3 is 14.4 Å². The Morgan fingerprint density at radius 2 is 1.92 bits per heavy atom. The zero-order valence-electron chi connectivity index (χ0n) is 19.9. The van der Waals surface area contributed by atoms with E-state index < -0.39 is 0 Å². The van der Waals surface area contributed by atoms with Crippen LogP contribution in [-0.2, 0) is 9.59 Å². The van der Waals surface area contributed by atoms with E-state index in [1.807, 2.05) is 35.2 Å². The molecule has 4 rings (SSSR count).